The van der Waals surface area contributed by atoms with Crippen molar-refractivity contribution in [3.8, 4) is 6.19 Å². The molecule has 0 atom stereocenters. The number of guanidine groups is 1. The van der Waals surface area contributed by atoms with Gasteiger partial charge in [-0.25, -0.2) is 15.6 Å². The average molecular weight is 335 g/mol. The van der Waals surface area contributed by atoms with E-state index in [0.29, 0.717) is 0 Å². The largest absolute Gasteiger partial charge is 0.395 e. The lowest BCUT2D eigenvalue weighted by molar-refractivity contribution is -0.893. The zero-order chi connectivity index (χ0) is 18.2. The van der Waals surface area contributed by atoms with Crippen LogP contribution in [0.1, 0.15) is 37.6 Å². The van der Waals surface area contributed by atoms with Crippen molar-refractivity contribution in [1.82, 2.24) is 10.6 Å². The molecule has 0 spiro atoms. The van der Waals surface area contributed by atoms with Crippen molar-refractivity contribution >= 4 is 17.7 Å². The van der Waals surface area contributed by atoms with Gasteiger partial charge >= 0.3 is 11.8 Å². The normalized spacial score (nSPS) is 11.5. The van der Waals surface area contributed by atoms with Crippen molar-refractivity contribution < 1.29 is 19.8 Å². The molecule has 0 bridgehead atoms. The van der Waals surface area contributed by atoms with Crippen LogP contribution in [0, 0.1) is 11.5 Å². The Morgan fingerprint density at radius 1 is 1.50 bits per heavy atom. The Balaban J connectivity index is 3.07. The van der Waals surface area contributed by atoms with Gasteiger partial charge in [-0.3, -0.25) is 4.79 Å². The predicted molar refractivity (Wildman–Crippen MR) is 87.4 cm³/mol. The number of nitrogens with zero attached hydrogens (tertiary/aromatic N) is 3. The maximum absolute atomic E-state index is 11.9. The Kier molecular flexibility index (Phi) is 6.95. The highest BCUT2D eigenvalue weighted by molar-refractivity contribution is 5.97. The van der Waals surface area contributed by atoms with Gasteiger partial charge in [0.2, 0.25) is 0 Å². The minimum atomic E-state index is -0.414. The Bertz CT molecular complexity index is 651. The van der Waals surface area contributed by atoms with Crippen LogP contribution in [-0.2, 0) is 0 Å². The summed E-state index contributed by atoms with van der Waals surface area (Å²) in [6.07, 6.45) is 3.81. The van der Waals surface area contributed by atoms with Gasteiger partial charge in [-0.15, -0.1) is 0 Å². The van der Waals surface area contributed by atoms with Crippen molar-refractivity contribution in [2.45, 2.75) is 32.7 Å². The number of aromatic nitrogens is 1. The number of aliphatic hydroxyl groups is 1. The van der Waals surface area contributed by atoms with Crippen molar-refractivity contribution in [3.05, 3.63) is 23.9 Å². The third kappa shape index (κ3) is 5.73. The van der Waals surface area contributed by atoms with Crippen LogP contribution in [0.25, 0.3) is 0 Å². The van der Waals surface area contributed by atoms with E-state index in [-0.39, 0.29) is 30.5 Å². The first-order valence-electron chi connectivity index (χ1n) is 7.49. The zero-order valence-corrected chi connectivity index (χ0v) is 14.0. The Morgan fingerprint density at radius 3 is 2.79 bits per heavy atom. The lowest BCUT2D eigenvalue weighted by Crippen LogP contribution is -2.40. The van der Waals surface area contributed by atoms with Crippen molar-refractivity contribution in [2.75, 3.05) is 18.5 Å². The van der Waals surface area contributed by atoms with Gasteiger partial charge in [-0.2, -0.15) is 5.26 Å². The topological polar surface area (TPSA) is 134 Å². The summed E-state index contributed by atoms with van der Waals surface area (Å²) in [6, 6.07) is 2.82. The lowest BCUT2D eigenvalue weighted by Gasteiger charge is -2.17. The molecule has 1 rings (SSSR count). The minimum Gasteiger partial charge on any atom is -0.395 e. The number of nitrogens with one attached hydrogen (secondary N) is 3. The molecule has 0 radical (unpaired) electrons. The van der Waals surface area contributed by atoms with E-state index in [0.717, 1.165) is 11.2 Å². The quantitative estimate of drug-likeness (QED) is 0.124. The van der Waals surface area contributed by atoms with E-state index in [9.17, 15) is 10.0 Å². The fraction of sp³-hybridized carbons (Fsp3) is 0.467. The number of anilines is 1. The van der Waals surface area contributed by atoms with Crippen LogP contribution >= 0.6 is 0 Å². The molecule has 0 unspecified atom stereocenters. The first kappa shape index (κ1) is 19.2. The highest BCUT2D eigenvalue weighted by Crippen LogP contribution is 2.14. The molecule has 0 aliphatic heterocycles. The number of nitriles is 1. The summed E-state index contributed by atoms with van der Waals surface area (Å²) in [4.78, 5) is 16.3. The molecular weight excluding hydrogens is 312 g/mol. The van der Waals surface area contributed by atoms with Gasteiger partial charge in [0.25, 0.3) is 5.91 Å². The van der Waals surface area contributed by atoms with Gasteiger partial charge in [-0.1, -0.05) is 11.7 Å². The SMILES string of the molecule is CCC(C)(C)N=C(NC#N)Nc1cc(C(=O)NCCO)cc[n+]1O. The van der Waals surface area contributed by atoms with Crippen molar-refractivity contribution in [3.63, 3.8) is 0 Å². The monoisotopic (exact) mass is 335 g/mol. The maximum Gasteiger partial charge on any atom is 0.322 e. The molecule has 0 saturated heterocycles. The van der Waals surface area contributed by atoms with Gasteiger partial charge in [0, 0.05) is 12.6 Å². The summed E-state index contributed by atoms with van der Waals surface area (Å²) in [7, 11) is 0. The molecule has 9 nitrogen and oxygen atoms in total. The number of rotatable bonds is 6. The third-order valence-corrected chi connectivity index (χ3v) is 3.29. The van der Waals surface area contributed by atoms with E-state index in [1.165, 1.54) is 18.3 Å². The van der Waals surface area contributed by atoms with Crippen molar-refractivity contribution in [1.29, 1.82) is 5.26 Å². The van der Waals surface area contributed by atoms with E-state index >= 15 is 0 Å². The summed E-state index contributed by atoms with van der Waals surface area (Å²) < 4.78 is 0.774. The second-order valence-corrected chi connectivity index (χ2v) is 5.61. The molecule has 0 saturated carbocycles. The van der Waals surface area contributed by atoms with Crippen LogP contribution < -0.4 is 20.7 Å². The average Bonchev–Trinajstić information content (AvgIpc) is 2.54. The third-order valence-electron chi connectivity index (χ3n) is 3.29. The number of aliphatic hydroxyl groups excluding tert-OH is 1. The van der Waals surface area contributed by atoms with Gasteiger partial charge in [-0.05, 0) is 26.3 Å². The van der Waals surface area contributed by atoms with Crippen LogP contribution in [-0.4, -0.2) is 40.9 Å². The van der Waals surface area contributed by atoms with Crippen molar-refractivity contribution in [2.24, 2.45) is 4.99 Å². The molecule has 5 N–H and O–H groups in total. The number of aliphatic imine (C=N–C) groups is 1. The van der Waals surface area contributed by atoms with E-state index in [2.05, 4.69) is 20.9 Å². The van der Waals surface area contributed by atoms with Gasteiger partial charge < -0.3 is 15.6 Å². The van der Waals surface area contributed by atoms with Gasteiger partial charge in [0.05, 0.1) is 17.7 Å². The number of hydrogen-bond acceptors (Lipinski definition) is 5. The fourth-order valence-corrected chi connectivity index (χ4v) is 1.64. The summed E-state index contributed by atoms with van der Waals surface area (Å²) >= 11 is 0. The van der Waals surface area contributed by atoms with E-state index < -0.39 is 11.4 Å². The fourth-order valence-electron chi connectivity index (χ4n) is 1.64. The first-order chi connectivity index (χ1) is 11.3. The molecule has 1 amide bonds. The van der Waals surface area contributed by atoms with Crippen LogP contribution in [0.2, 0.25) is 0 Å². The van der Waals surface area contributed by atoms with Gasteiger partial charge in [0.1, 0.15) is 6.20 Å². The first-order valence-corrected chi connectivity index (χ1v) is 7.49. The zero-order valence-electron chi connectivity index (χ0n) is 14.0. The second-order valence-electron chi connectivity index (χ2n) is 5.61. The summed E-state index contributed by atoms with van der Waals surface area (Å²) in [5.41, 5.74) is -0.134. The standard InChI is InChI=1S/C15H22N6O3/c1-4-15(2,3)20-14(18-10-16)19-12-9-11(5-7-21(12)24)13(23)17-6-8-22/h5,7,9,22,24H,4,6,8H2,1-3H3,(H2,17,18,20,23)/p+1. The molecule has 24 heavy (non-hydrogen) atoms. The Morgan fingerprint density at radius 2 is 2.21 bits per heavy atom. The van der Waals surface area contributed by atoms with Crippen LogP contribution in [0.5, 0.6) is 0 Å². The maximum atomic E-state index is 11.9. The Labute approximate surface area is 140 Å². The number of carbonyl (C=O) groups is 1. The molecule has 1 heterocycles. The van der Waals surface area contributed by atoms with E-state index in [1.54, 1.807) is 6.19 Å². The number of amides is 1. The predicted octanol–water partition coefficient (Wildman–Crippen LogP) is -0.0393. The summed E-state index contributed by atoms with van der Waals surface area (Å²) in [6.45, 7) is 5.73. The number of pyridine rings is 1. The van der Waals surface area contributed by atoms with Crippen LogP contribution in [0.3, 0.4) is 0 Å². The van der Waals surface area contributed by atoms with Gasteiger partial charge in [0.15, 0.2) is 6.19 Å². The molecule has 1 aromatic heterocycles. The van der Waals surface area contributed by atoms with Crippen LogP contribution in [0.15, 0.2) is 23.3 Å². The molecular formula is C15H23N6O3+. The molecule has 1 aromatic rings. The van der Waals surface area contributed by atoms with Crippen LogP contribution in [0.4, 0.5) is 5.82 Å². The highest BCUT2D eigenvalue weighted by atomic mass is 16.5. The molecule has 0 aliphatic carbocycles. The number of carbonyl (C=O) groups excluding carboxylic acids is 1. The molecule has 130 valence electrons. The molecule has 0 aromatic carbocycles. The van der Waals surface area contributed by atoms with E-state index in [4.69, 9.17) is 10.4 Å². The molecule has 0 fully saturated rings. The smallest absolute Gasteiger partial charge is 0.322 e. The highest BCUT2D eigenvalue weighted by Gasteiger charge is 2.20. The molecule has 0 aliphatic rings. The summed E-state index contributed by atoms with van der Waals surface area (Å²) in [5.74, 6) is -0.0894. The summed E-state index contributed by atoms with van der Waals surface area (Å²) in [5, 5.41) is 35.2. The second kappa shape index (κ2) is 8.69. The lowest BCUT2D eigenvalue weighted by atomic mass is 10.0. The minimum absolute atomic E-state index is 0.128. The number of hydrogen-bond donors (Lipinski definition) is 5. The van der Waals surface area contributed by atoms with E-state index in [1.807, 2.05) is 20.8 Å². The molecule has 9 heteroatoms. The Hall–Kier alpha value is -2.86.